The summed E-state index contributed by atoms with van der Waals surface area (Å²) >= 11 is 0. The van der Waals surface area contributed by atoms with Gasteiger partial charge in [-0.1, -0.05) is 30.3 Å². The Hall–Kier alpha value is -2.57. The molecule has 1 saturated carbocycles. The molecule has 1 fully saturated rings. The molecule has 1 atom stereocenters. The van der Waals surface area contributed by atoms with Gasteiger partial charge in [-0.3, -0.25) is 4.79 Å². The van der Waals surface area contributed by atoms with Gasteiger partial charge < -0.3 is 20.6 Å². The fraction of sp³-hybridized carbons (Fsp3) is 0.471. The van der Waals surface area contributed by atoms with Gasteiger partial charge in [0.05, 0.1) is 0 Å². The molecule has 0 heterocycles. The molecule has 3 N–H and O–H groups in total. The molecule has 0 radical (unpaired) electrons. The maximum atomic E-state index is 12.0. The molecule has 130 valence electrons. The van der Waals surface area contributed by atoms with Gasteiger partial charge in [0.2, 0.25) is 5.91 Å². The summed E-state index contributed by atoms with van der Waals surface area (Å²) in [6.07, 6.45) is 1.72. The third kappa shape index (κ3) is 5.57. The Balaban J connectivity index is 1.68. The normalized spacial score (nSPS) is 14.5. The number of hydrogen-bond donors (Lipinski definition) is 3. The summed E-state index contributed by atoms with van der Waals surface area (Å²) in [5, 5.41) is 14.2. The summed E-state index contributed by atoms with van der Waals surface area (Å²) in [4.78, 5) is 36.4. The molecule has 0 saturated heterocycles. The van der Waals surface area contributed by atoms with Crippen LogP contribution < -0.4 is 10.6 Å². The first-order chi connectivity index (χ1) is 11.5. The Morgan fingerprint density at radius 2 is 1.92 bits per heavy atom. The van der Waals surface area contributed by atoms with E-state index in [4.69, 9.17) is 5.11 Å². The molecule has 0 aromatic heterocycles. The molecule has 0 bridgehead atoms. The predicted molar refractivity (Wildman–Crippen MR) is 88.2 cm³/mol. The fourth-order valence-electron chi connectivity index (χ4n) is 2.40. The first-order valence-electron chi connectivity index (χ1n) is 8.02. The van der Waals surface area contributed by atoms with E-state index in [0.29, 0.717) is 6.54 Å². The summed E-state index contributed by atoms with van der Waals surface area (Å²) in [6.45, 7) is 0.641. The Labute approximate surface area is 141 Å². The van der Waals surface area contributed by atoms with Crippen LogP contribution in [0, 0.1) is 5.92 Å². The predicted octanol–water partition coefficient (Wildman–Crippen LogP) is 1.20. The number of carbonyl (C=O) groups excluding carboxylic acids is 2. The molecule has 2 rings (SSSR count). The molecular formula is C17H23N3O4. The molecule has 1 aromatic carbocycles. The lowest BCUT2D eigenvalue weighted by molar-refractivity contribution is -0.142. The van der Waals surface area contributed by atoms with Gasteiger partial charge in [-0.2, -0.15) is 0 Å². The number of amides is 3. The van der Waals surface area contributed by atoms with Crippen LogP contribution in [0.25, 0.3) is 0 Å². The van der Waals surface area contributed by atoms with Crippen molar-refractivity contribution in [3.8, 4) is 0 Å². The average molecular weight is 333 g/mol. The van der Waals surface area contributed by atoms with Gasteiger partial charge in [0.15, 0.2) is 0 Å². The number of carboxylic acid groups (broad SMARTS) is 1. The smallest absolute Gasteiger partial charge is 0.326 e. The number of hydrogen-bond acceptors (Lipinski definition) is 3. The molecule has 0 spiro atoms. The molecule has 3 amide bonds. The van der Waals surface area contributed by atoms with Crippen LogP contribution >= 0.6 is 0 Å². The Bertz CT molecular complexity index is 587. The third-order valence-electron chi connectivity index (χ3n) is 3.91. The number of nitrogens with zero attached hydrogens (tertiary/aromatic N) is 1. The van der Waals surface area contributed by atoms with Crippen LogP contribution in [0.1, 0.15) is 24.8 Å². The highest BCUT2D eigenvalue weighted by Crippen LogP contribution is 2.32. The standard InChI is InChI=1S/C17H23N3O4/c1-20(11-12-5-3-2-4-6-12)17(24)18-10-9-14(21)19-15(16(22)23)13-7-8-13/h2-6,13,15H,7-11H2,1H3,(H,18,24)(H,19,21)(H,22,23). The van der Waals surface area contributed by atoms with Gasteiger partial charge in [0.1, 0.15) is 6.04 Å². The van der Waals surface area contributed by atoms with Crippen LogP contribution in [0.5, 0.6) is 0 Å². The van der Waals surface area contributed by atoms with Crippen molar-refractivity contribution in [3.05, 3.63) is 35.9 Å². The molecule has 1 aromatic rings. The minimum atomic E-state index is -1.00. The van der Waals surface area contributed by atoms with Gasteiger partial charge in [-0.25, -0.2) is 9.59 Å². The second kappa shape index (κ2) is 8.33. The van der Waals surface area contributed by atoms with Crippen molar-refractivity contribution in [2.24, 2.45) is 5.92 Å². The van der Waals surface area contributed by atoms with Crippen molar-refractivity contribution in [2.75, 3.05) is 13.6 Å². The zero-order chi connectivity index (χ0) is 17.5. The topological polar surface area (TPSA) is 98.7 Å². The number of carboxylic acids is 1. The van der Waals surface area contributed by atoms with E-state index >= 15 is 0 Å². The zero-order valence-corrected chi connectivity index (χ0v) is 13.7. The quantitative estimate of drug-likeness (QED) is 0.665. The molecule has 1 aliphatic rings. The lowest BCUT2D eigenvalue weighted by Gasteiger charge is -2.18. The molecule has 7 heteroatoms. The summed E-state index contributed by atoms with van der Waals surface area (Å²) in [5.41, 5.74) is 1.02. The second-order valence-corrected chi connectivity index (χ2v) is 6.04. The van der Waals surface area contributed by atoms with E-state index in [0.717, 1.165) is 18.4 Å². The van der Waals surface area contributed by atoms with E-state index in [1.165, 1.54) is 4.90 Å². The zero-order valence-electron chi connectivity index (χ0n) is 13.7. The van der Waals surface area contributed by atoms with Crippen molar-refractivity contribution in [1.82, 2.24) is 15.5 Å². The van der Waals surface area contributed by atoms with Crippen LogP contribution in [0.4, 0.5) is 4.79 Å². The van der Waals surface area contributed by atoms with Crippen LogP contribution in [0.3, 0.4) is 0 Å². The lowest BCUT2D eigenvalue weighted by Crippen LogP contribution is -2.44. The van der Waals surface area contributed by atoms with Crippen LogP contribution in [-0.2, 0) is 16.1 Å². The number of rotatable bonds is 8. The molecule has 24 heavy (non-hydrogen) atoms. The van der Waals surface area contributed by atoms with Gasteiger partial charge in [0.25, 0.3) is 0 Å². The highest BCUT2D eigenvalue weighted by molar-refractivity contribution is 5.84. The van der Waals surface area contributed by atoms with Crippen LogP contribution in [0.2, 0.25) is 0 Å². The first-order valence-corrected chi connectivity index (χ1v) is 8.02. The largest absolute Gasteiger partial charge is 0.480 e. The van der Waals surface area contributed by atoms with Gasteiger partial charge in [-0.05, 0) is 24.3 Å². The Kier molecular flexibility index (Phi) is 6.17. The first kappa shape index (κ1) is 17.8. The molecule has 1 aliphatic carbocycles. The number of aliphatic carboxylic acids is 1. The Morgan fingerprint density at radius 1 is 1.25 bits per heavy atom. The molecule has 0 aliphatic heterocycles. The van der Waals surface area contributed by atoms with E-state index in [-0.39, 0.29) is 30.8 Å². The second-order valence-electron chi connectivity index (χ2n) is 6.04. The Morgan fingerprint density at radius 3 is 2.50 bits per heavy atom. The molecular weight excluding hydrogens is 310 g/mol. The highest BCUT2D eigenvalue weighted by atomic mass is 16.4. The maximum absolute atomic E-state index is 12.0. The van der Waals surface area contributed by atoms with Gasteiger partial charge >= 0.3 is 12.0 Å². The molecule has 1 unspecified atom stereocenters. The summed E-state index contributed by atoms with van der Waals surface area (Å²) in [7, 11) is 1.68. The van der Waals surface area contributed by atoms with Crippen molar-refractivity contribution < 1.29 is 19.5 Å². The highest BCUT2D eigenvalue weighted by Gasteiger charge is 2.37. The van der Waals surface area contributed by atoms with E-state index in [9.17, 15) is 14.4 Å². The minimum Gasteiger partial charge on any atom is -0.480 e. The minimum absolute atomic E-state index is 0.0399. The number of urea groups is 1. The fourth-order valence-corrected chi connectivity index (χ4v) is 2.40. The van der Waals surface area contributed by atoms with Crippen molar-refractivity contribution in [1.29, 1.82) is 0 Å². The van der Waals surface area contributed by atoms with E-state index in [1.54, 1.807) is 7.05 Å². The SMILES string of the molecule is CN(Cc1ccccc1)C(=O)NCCC(=O)NC(C(=O)O)C1CC1. The van der Waals surface area contributed by atoms with Gasteiger partial charge in [0, 0.05) is 26.6 Å². The van der Waals surface area contributed by atoms with Crippen molar-refractivity contribution in [2.45, 2.75) is 31.8 Å². The van der Waals surface area contributed by atoms with Gasteiger partial charge in [-0.15, -0.1) is 0 Å². The summed E-state index contributed by atoms with van der Waals surface area (Å²) in [6, 6.07) is 8.50. The number of carbonyl (C=O) groups is 3. The van der Waals surface area contributed by atoms with Crippen LogP contribution in [0.15, 0.2) is 30.3 Å². The maximum Gasteiger partial charge on any atom is 0.326 e. The number of benzene rings is 1. The van der Waals surface area contributed by atoms with Crippen LogP contribution in [-0.4, -0.2) is 47.5 Å². The van der Waals surface area contributed by atoms with E-state index < -0.39 is 12.0 Å². The molecule has 7 nitrogen and oxygen atoms in total. The monoisotopic (exact) mass is 333 g/mol. The summed E-state index contributed by atoms with van der Waals surface area (Å²) < 4.78 is 0. The van der Waals surface area contributed by atoms with E-state index in [2.05, 4.69) is 10.6 Å². The van der Waals surface area contributed by atoms with Crippen molar-refractivity contribution >= 4 is 17.9 Å². The lowest BCUT2D eigenvalue weighted by atomic mass is 10.2. The van der Waals surface area contributed by atoms with Crippen molar-refractivity contribution in [3.63, 3.8) is 0 Å². The number of nitrogens with one attached hydrogen (secondary N) is 2. The average Bonchev–Trinajstić information content (AvgIpc) is 3.37. The third-order valence-corrected chi connectivity index (χ3v) is 3.91. The summed E-state index contributed by atoms with van der Waals surface area (Å²) in [5.74, 6) is -1.32. The van der Waals surface area contributed by atoms with E-state index in [1.807, 2.05) is 30.3 Å².